The molecule has 0 amide bonds. The van der Waals surface area contributed by atoms with Gasteiger partial charge in [0.05, 0.1) is 0 Å². The number of benzene rings is 2. The smallest absolute Gasteiger partial charge is 0.387 e. The Hall–Kier alpha value is -2.43. The summed E-state index contributed by atoms with van der Waals surface area (Å²) in [6.07, 6.45) is 0.443. The fourth-order valence-corrected chi connectivity index (χ4v) is 1.94. The lowest BCUT2D eigenvalue weighted by Crippen LogP contribution is -2.06. The molecule has 0 spiro atoms. The summed E-state index contributed by atoms with van der Waals surface area (Å²) in [5, 5.41) is 0. The molecular formula is C17H16F2O3. The Kier molecular flexibility index (Phi) is 5.47. The van der Waals surface area contributed by atoms with Gasteiger partial charge < -0.3 is 9.47 Å². The number of carbonyl (C=O) groups is 1. The Morgan fingerprint density at radius 1 is 1.09 bits per heavy atom. The quantitative estimate of drug-likeness (QED) is 0.708. The van der Waals surface area contributed by atoms with Crippen molar-refractivity contribution in [3.8, 4) is 11.5 Å². The molecule has 0 fully saturated rings. The molecule has 0 aliphatic heterocycles. The van der Waals surface area contributed by atoms with Crippen LogP contribution in [0.3, 0.4) is 0 Å². The minimum absolute atomic E-state index is 0.0576. The maximum Gasteiger partial charge on any atom is 0.387 e. The lowest BCUT2D eigenvalue weighted by atomic mass is 10.1. The highest BCUT2D eigenvalue weighted by Crippen LogP contribution is 2.22. The first kappa shape index (κ1) is 15.9. The van der Waals surface area contributed by atoms with E-state index in [0.29, 0.717) is 23.3 Å². The van der Waals surface area contributed by atoms with Crippen molar-refractivity contribution in [3.63, 3.8) is 0 Å². The number of ether oxygens (including phenoxy) is 2. The van der Waals surface area contributed by atoms with Crippen LogP contribution >= 0.6 is 0 Å². The van der Waals surface area contributed by atoms with Gasteiger partial charge in [-0.1, -0.05) is 25.1 Å². The predicted molar refractivity (Wildman–Crippen MR) is 78.5 cm³/mol. The van der Waals surface area contributed by atoms with Crippen LogP contribution < -0.4 is 9.47 Å². The van der Waals surface area contributed by atoms with Crippen LogP contribution in [0.25, 0.3) is 0 Å². The first-order valence-electron chi connectivity index (χ1n) is 6.89. The van der Waals surface area contributed by atoms with Crippen LogP contribution in [0.1, 0.15) is 29.3 Å². The Morgan fingerprint density at radius 2 is 1.77 bits per heavy atom. The van der Waals surface area contributed by atoms with Gasteiger partial charge in [0.2, 0.25) is 0 Å². The molecule has 5 heteroatoms. The summed E-state index contributed by atoms with van der Waals surface area (Å²) in [4.78, 5) is 11.5. The maximum atomic E-state index is 12.3. The van der Waals surface area contributed by atoms with Gasteiger partial charge in [0.25, 0.3) is 0 Å². The molecule has 0 radical (unpaired) electrons. The molecule has 0 saturated heterocycles. The number of alkyl halides is 2. The monoisotopic (exact) mass is 306 g/mol. The molecule has 116 valence electrons. The minimum Gasteiger partial charge on any atom is -0.489 e. The summed E-state index contributed by atoms with van der Waals surface area (Å²) in [7, 11) is 0. The number of halogens is 2. The molecule has 3 nitrogen and oxygen atoms in total. The van der Waals surface area contributed by atoms with Gasteiger partial charge in [-0.2, -0.15) is 8.78 Å². The van der Waals surface area contributed by atoms with E-state index >= 15 is 0 Å². The molecule has 0 unspecified atom stereocenters. The van der Waals surface area contributed by atoms with Crippen LogP contribution in [-0.4, -0.2) is 12.4 Å². The Morgan fingerprint density at radius 3 is 2.41 bits per heavy atom. The molecule has 2 aromatic carbocycles. The van der Waals surface area contributed by atoms with Gasteiger partial charge in [0.1, 0.15) is 18.1 Å². The van der Waals surface area contributed by atoms with Crippen molar-refractivity contribution in [3.05, 3.63) is 59.7 Å². The van der Waals surface area contributed by atoms with E-state index in [1.165, 1.54) is 6.07 Å². The molecule has 22 heavy (non-hydrogen) atoms. The second kappa shape index (κ2) is 7.54. The first-order valence-corrected chi connectivity index (χ1v) is 6.89. The van der Waals surface area contributed by atoms with Crippen molar-refractivity contribution in [1.82, 2.24) is 0 Å². The van der Waals surface area contributed by atoms with E-state index in [9.17, 15) is 13.6 Å². The second-order valence-corrected chi connectivity index (χ2v) is 4.58. The van der Waals surface area contributed by atoms with Crippen molar-refractivity contribution in [2.75, 3.05) is 0 Å². The number of Topliss-reactive ketones (excluding diaryl/α,β-unsaturated/α-hetero) is 1. The molecular weight excluding hydrogens is 290 g/mol. The van der Waals surface area contributed by atoms with E-state index in [4.69, 9.17) is 4.74 Å². The normalized spacial score (nSPS) is 10.5. The van der Waals surface area contributed by atoms with Gasteiger partial charge >= 0.3 is 6.61 Å². The summed E-state index contributed by atoms with van der Waals surface area (Å²) >= 11 is 0. The van der Waals surface area contributed by atoms with Crippen molar-refractivity contribution < 1.29 is 23.0 Å². The average Bonchev–Trinajstić information content (AvgIpc) is 2.53. The predicted octanol–water partition coefficient (Wildman–Crippen LogP) is 4.46. The average molecular weight is 306 g/mol. The Bertz CT molecular complexity index is 624. The largest absolute Gasteiger partial charge is 0.489 e. The summed E-state index contributed by atoms with van der Waals surface area (Å²) in [6, 6.07) is 13.2. The van der Waals surface area contributed by atoms with Crippen LogP contribution in [0.4, 0.5) is 8.78 Å². The number of ketones is 1. The molecule has 0 aliphatic carbocycles. The van der Waals surface area contributed by atoms with E-state index in [2.05, 4.69) is 4.74 Å². The minimum atomic E-state index is -2.87. The summed E-state index contributed by atoms with van der Waals surface area (Å²) in [5.41, 5.74) is 1.15. The third-order valence-corrected chi connectivity index (χ3v) is 3.08. The lowest BCUT2D eigenvalue weighted by molar-refractivity contribution is -0.0508. The number of para-hydroxylation sites is 1. The van der Waals surface area contributed by atoms with E-state index < -0.39 is 6.61 Å². The van der Waals surface area contributed by atoms with Gasteiger partial charge in [-0.05, 0) is 30.3 Å². The first-order chi connectivity index (χ1) is 10.6. The van der Waals surface area contributed by atoms with Gasteiger partial charge in [0, 0.05) is 17.5 Å². The van der Waals surface area contributed by atoms with Gasteiger partial charge in [-0.15, -0.1) is 0 Å². The summed E-state index contributed by atoms with van der Waals surface area (Å²) < 4.78 is 34.6. The Balaban J connectivity index is 2.02. The summed E-state index contributed by atoms with van der Waals surface area (Å²) in [5.74, 6) is 0.706. The van der Waals surface area contributed by atoms with E-state index in [-0.39, 0.29) is 18.1 Å². The van der Waals surface area contributed by atoms with Crippen molar-refractivity contribution in [1.29, 1.82) is 0 Å². The zero-order valence-corrected chi connectivity index (χ0v) is 12.1. The van der Waals surface area contributed by atoms with Crippen LogP contribution in [-0.2, 0) is 6.61 Å². The van der Waals surface area contributed by atoms with Crippen LogP contribution in [0, 0.1) is 0 Å². The number of hydrogen-bond donors (Lipinski definition) is 0. The van der Waals surface area contributed by atoms with Crippen molar-refractivity contribution in [2.24, 2.45) is 0 Å². The zero-order valence-electron chi connectivity index (χ0n) is 12.1. The van der Waals surface area contributed by atoms with Gasteiger partial charge in [-0.3, -0.25) is 4.79 Å². The standard InChI is InChI=1S/C17H16F2O3/c1-2-15(20)12-7-9-14(10-8-12)21-11-13-5-3-4-6-16(13)22-17(18)19/h3-10,17H,2,11H2,1H3. The highest BCUT2D eigenvalue weighted by molar-refractivity contribution is 5.95. The topological polar surface area (TPSA) is 35.5 Å². The maximum absolute atomic E-state index is 12.3. The third-order valence-electron chi connectivity index (χ3n) is 3.08. The number of rotatable bonds is 7. The van der Waals surface area contributed by atoms with Gasteiger partial charge in [0.15, 0.2) is 5.78 Å². The zero-order chi connectivity index (χ0) is 15.9. The molecule has 0 bridgehead atoms. The molecule has 0 N–H and O–H groups in total. The summed E-state index contributed by atoms with van der Waals surface area (Å²) in [6.45, 7) is -0.975. The number of carbonyl (C=O) groups excluding carboxylic acids is 1. The molecule has 0 aromatic heterocycles. The fraction of sp³-hybridized carbons (Fsp3) is 0.235. The highest BCUT2D eigenvalue weighted by atomic mass is 19.3. The van der Waals surface area contributed by atoms with Crippen molar-refractivity contribution >= 4 is 5.78 Å². The fourth-order valence-electron chi connectivity index (χ4n) is 1.94. The van der Waals surface area contributed by atoms with E-state index in [1.54, 1.807) is 49.4 Å². The van der Waals surface area contributed by atoms with Gasteiger partial charge in [-0.25, -0.2) is 0 Å². The lowest BCUT2D eigenvalue weighted by Gasteiger charge is -2.12. The molecule has 0 heterocycles. The molecule has 2 aromatic rings. The van der Waals surface area contributed by atoms with E-state index in [0.717, 1.165) is 0 Å². The third kappa shape index (κ3) is 4.28. The van der Waals surface area contributed by atoms with Crippen LogP contribution in [0.5, 0.6) is 11.5 Å². The van der Waals surface area contributed by atoms with Crippen LogP contribution in [0.15, 0.2) is 48.5 Å². The molecule has 2 rings (SSSR count). The van der Waals surface area contributed by atoms with Crippen molar-refractivity contribution in [2.45, 2.75) is 26.6 Å². The molecule has 0 saturated carbocycles. The Labute approximate surface area is 127 Å². The SMILES string of the molecule is CCC(=O)c1ccc(OCc2ccccc2OC(F)F)cc1. The molecule has 0 atom stereocenters. The second-order valence-electron chi connectivity index (χ2n) is 4.58. The number of hydrogen-bond acceptors (Lipinski definition) is 3. The highest BCUT2D eigenvalue weighted by Gasteiger charge is 2.09. The van der Waals surface area contributed by atoms with Crippen LogP contribution in [0.2, 0.25) is 0 Å². The van der Waals surface area contributed by atoms with E-state index in [1.807, 2.05) is 0 Å². The molecule has 0 aliphatic rings.